The molecular formula is C10H21N. The molecule has 0 radical (unpaired) electrons. The summed E-state index contributed by atoms with van der Waals surface area (Å²) in [7, 11) is 0. The van der Waals surface area contributed by atoms with Crippen LogP contribution in [0, 0.1) is 11.8 Å². The summed E-state index contributed by atoms with van der Waals surface area (Å²) in [4.78, 5) is 0. The highest BCUT2D eigenvalue weighted by Crippen LogP contribution is 2.23. The Morgan fingerprint density at radius 2 is 2.18 bits per heavy atom. The predicted molar refractivity (Wildman–Crippen MR) is 49.6 cm³/mol. The van der Waals surface area contributed by atoms with Crippen LogP contribution in [0.3, 0.4) is 0 Å². The molecule has 2 unspecified atom stereocenters. The number of hydrogen-bond donors (Lipinski definition) is 1. The molecule has 1 N–H and O–H groups in total. The smallest absolute Gasteiger partial charge is 0.00981 e. The molecule has 0 aromatic heterocycles. The van der Waals surface area contributed by atoms with E-state index in [1.54, 1.807) is 0 Å². The van der Waals surface area contributed by atoms with Crippen LogP contribution in [0.2, 0.25) is 0 Å². The highest BCUT2D eigenvalue weighted by atomic mass is 14.9. The monoisotopic (exact) mass is 155 g/mol. The van der Waals surface area contributed by atoms with Crippen molar-refractivity contribution in [3.05, 3.63) is 0 Å². The third kappa shape index (κ3) is 2.48. The largest absolute Gasteiger partial charge is 0.314 e. The minimum absolute atomic E-state index is 0.819. The third-order valence-corrected chi connectivity index (χ3v) is 2.74. The van der Waals surface area contributed by atoms with E-state index >= 15 is 0 Å². The zero-order chi connectivity index (χ0) is 8.27. The van der Waals surface area contributed by atoms with Crippen molar-refractivity contribution in [2.75, 3.05) is 6.54 Å². The van der Waals surface area contributed by atoms with Gasteiger partial charge < -0.3 is 5.32 Å². The van der Waals surface area contributed by atoms with Gasteiger partial charge in [-0.05, 0) is 31.2 Å². The van der Waals surface area contributed by atoms with Crippen molar-refractivity contribution in [2.24, 2.45) is 11.8 Å². The molecular weight excluding hydrogens is 134 g/mol. The van der Waals surface area contributed by atoms with E-state index in [9.17, 15) is 0 Å². The van der Waals surface area contributed by atoms with Gasteiger partial charge in [0.15, 0.2) is 0 Å². The van der Waals surface area contributed by atoms with Gasteiger partial charge in [0.2, 0.25) is 0 Å². The van der Waals surface area contributed by atoms with Gasteiger partial charge in [-0.25, -0.2) is 0 Å². The summed E-state index contributed by atoms with van der Waals surface area (Å²) in [6.07, 6.45) is 4.11. The molecule has 2 atom stereocenters. The lowest BCUT2D eigenvalue weighted by molar-refractivity contribution is 0.369. The van der Waals surface area contributed by atoms with Gasteiger partial charge in [0.1, 0.15) is 0 Å². The maximum atomic E-state index is 3.59. The van der Waals surface area contributed by atoms with Crippen LogP contribution in [0.25, 0.3) is 0 Å². The van der Waals surface area contributed by atoms with Gasteiger partial charge in [-0.15, -0.1) is 0 Å². The van der Waals surface area contributed by atoms with E-state index in [0.717, 1.165) is 17.9 Å². The summed E-state index contributed by atoms with van der Waals surface area (Å²) in [6, 6.07) is 0.819. The first-order valence-electron chi connectivity index (χ1n) is 4.97. The van der Waals surface area contributed by atoms with Gasteiger partial charge in [0.25, 0.3) is 0 Å². The molecule has 1 nitrogen and oxygen atoms in total. The lowest BCUT2D eigenvalue weighted by atomic mass is 9.91. The van der Waals surface area contributed by atoms with Gasteiger partial charge in [0, 0.05) is 6.04 Å². The summed E-state index contributed by atoms with van der Waals surface area (Å²) in [6.45, 7) is 8.18. The molecule has 0 bridgehead atoms. The second-order valence-electron chi connectivity index (χ2n) is 4.15. The van der Waals surface area contributed by atoms with Crippen LogP contribution in [0.1, 0.15) is 40.0 Å². The average molecular weight is 155 g/mol. The van der Waals surface area contributed by atoms with Crippen molar-refractivity contribution in [3.8, 4) is 0 Å². The number of nitrogens with one attached hydrogen (secondary N) is 1. The molecule has 0 saturated carbocycles. The molecule has 0 spiro atoms. The van der Waals surface area contributed by atoms with E-state index < -0.39 is 0 Å². The predicted octanol–water partition coefficient (Wildman–Crippen LogP) is 2.42. The molecule has 66 valence electrons. The van der Waals surface area contributed by atoms with E-state index in [1.165, 1.54) is 25.8 Å². The fourth-order valence-electron chi connectivity index (χ4n) is 2.09. The topological polar surface area (TPSA) is 12.0 Å². The maximum absolute atomic E-state index is 3.59. The molecule has 1 rings (SSSR count). The number of hydrogen-bond acceptors (Lipinski definition) is 1. The summed E-state index contributed by atoms with van der Waals surface area (Å²) >= 11 is 0. The zero-order valence-corrected chi connectivity index (χ0v) is 8.06. The molecule has 1 aliphatic rings. The third-order valence-electron chi connectivity index (χ3n) is 2.74. The fraction of sp³-hybridized carbons (Fsp3) is 1.00. The molecule has 11 heavy (non-hydrogen) atoms. The summed E-state index contributed by atoms with van der Waals surface area (Å²) in [5.74, 6) is 1.80. The van der Waals surface area contributed by atoms with E-state index in [2.05, 4.69) is 26.1 Å². The van der Waals surface area contributed by atoms with Crippen molar-refractivity contribution in [1.29, 1.82) is 0 Å². The standard InChI is InChI=1S/C10H21N/c1-4-9-5-6-11-10(9)7-8(2)3/h8-11H,4-7H2,1-3H3. The Kier molecular flexibility index (Phi) is 3.38. The van der Waals surface area contributed by atoms with Crippen molar-refractivity contribution in [2.45, 2.75) is 46.1 Å². The zero-order valence-electron chi connectivity index (χ0n) is 8.06. The molecule has 1 saturated heterocycles. The van der Waals surface area contributed by atoms with Gasteiger partial charge in [0.05, 0.1) is 0 Å². The minimum Gasteiger partial charge on any atom is -0.314 e. The van der Waals surface area contributed by atoms with Gasteiger partial charge in [-0.2, -0.15) is 0 Å². The van der Waals surface area contributed by atoms with Crippen LogP contribution in [-0.4, -0.2) is 12.6 Å². The van der Waals surface area contributed by atoms with Gasteiger partial charge in [-0.1, -0.05) is 27.2 Å². The lowest BCUT2D eigenvalue weighted by Crippen LogP contribution is -2.28. The SMILES string of the molecule is CCC1CCNC1CC(C)C. The highest BCUT2D eigenvalue weighted by Gasteiger charge is 2.25. The number of rotatable bonds is 3. The molecule has 1 aliphatic heterocycles. The molecule has 0 aromatic carbocycles. The first kappa shape index (κ1) is 9.05. The molecule has 1 fully saturated rings. The second-order valence-corrected chi connectivity index (χ2v) is 4.15. The Morgan fingerprint density at radius 1 is 1.45 bits per heavy atom. The van der Waals surface area contributed by atoms with Crippen LogP contribution >= 0.6 is 0 Å². The maximum Gasteiger partial charge on any atom is 0.00981 e. The first-order chi connectivity index (χ1) is 5.24. The normalized spacial score (nSPS) is 31.6. The molecule has 1 heteroatoms. The summed E-state index contributed by atoms with van der Waals surface area (Å²) in [5, 5.41) is 3.59. The second kappa shape index (κ2) is 4.10. The van der Waals surface area contributed by atoms with Crippen molar-refractivity contribution < 1.29 is 0 Å². The Hall–Kier alpha value is -0.0400. The Bertz CT molecular complexity index is 109. The van der Waals surface area contributed by atoms with E-state index in [0.29, 0.717) is 0 Å². The molecule has 0 aromatic rings. The quantitative estimate of drug-likeness (QED) is 0.660. The van der Waals surface area contributed by atoms with Crippen LogP contribution < -0.4 is 5.32 Å². The Balaban J connectivity index is 2.31. The Labute approximate surface area is 70.6 Å². The summed E-state index contributed by atoms with van der Waals surface area (Å²) in [5.41, 5.74) is 0. The van der Waals surface area contributed by atoms with Crippen molar-refractivity contribution >= 4 is 0 Å². The van der Waals surface area contributed by atoms with Crippen LogP contribution in [0.15, 0.2) is 0 Å². The van der Waals surface area contributed by atoms with Crippen LogP contribution in [0.5, 0.6) is 0 Å². The molecule has 0 aliphatic carbocycles. The van der Waals surface area contributed by atoms with Crippen LogP contribution in [0.4, 0.5) is 0 Å². The first-order valence-corrected chi connectivity index (χ1v) is 4.97. The van der Waals surface area contributed by atoms with E-state index in [1.807, 2.05) is 0 Å². The van der Waals surface area contributed by atoms with Crippen molar-refractivity contribution in [1.82, 2.24) is 5.32 Å². The summed E-state index contributed by atoms with van der Waals surface area (Å²) < 4.78 is 0. The molecule has 0 amide bonds. The van der Waals surface area contributed by atoms with Gasteiger partial charge >= 0.3 is 0 Å². The van der Waals surface area contributed by atoms with Crippen LogP contribution in [-0.2, 0) is 0 Å². The van der Waals surface area contributed by atoms with E-state index in [-0.39, 0.29) is 0 Å². The highest BCUT2D eigenvalue weighted by molar-refractivity contribution is 4.83. The van der Waals surface area contributed by atoms with Crippen molar-refractivity contribution in [3.63, 3.8) is 0 Å². The van der Waals surface area contributed by atoms with Gasteiger partial charge in [-0.3, -0.25) is 0 Å². The Morgan fingerprint density at radius 3 is 2.73 bits per heavy atom. The minimum atomic E-state index is 0.819. The lowest BCUT2D eigenvalue weighted by Gasteiger charge is -2.19. The fourth-order valence-corrected chi connectivity index (χ4v) is 2.09. The average Bonchev–Trinajstić information content (AvgIpc) is 2.34. The molecule has 1 heterocycles. The van der Waals surface area contributed by atoms with E-state index in [4.69, 9.17) is 0 Å².